The Labute approximate surface area is 216 Å². The molecule has 0 saturated carbocycles. The number of halogens is 1. The largest absolute Gasteiger partial charge is 0.507 e. The summed E-state index contributed by atoms with van der Waals surface area (Å²) in [7, 11) is 1.41. The van der Waals surface area contributed by atoms with Gasteiger partial charge in [-0.2, -0.15) is 0 Å². The zero-order valence-electron chi connectivity index (χ0n) is 19.8. The number of nitrogens with zero attached hydrogens (tertiary/aromatic N) is 3. The SMILES string of the molecule is CCOc1cccc(/C(O)=C2\C(=O)C(=O)N(CCCn3ccnc3)C2c2cc(Br)c(O)c(OC)c2)c1. The van der Waals surface area contributed by atoms with E-state index in [0.29, 0.717) is 40.9 Å². The summed E-state index contributed by atoms with van der Waals surface area (Å²) in [5.74, 6) is -1.22. The molecule has 0 spiro atoms. The third-order valence-electron chi connectivity index (χ3n) is 5.92. The van der Waals surface area contributed by atoms with E-state index in [4.69, 9.17) is 9.47 Å². The predicted molar refractivity (Wildman–Crippen MR) is 136 cm³/mol. The molecular formula is C26H26BrN3O6. The minimum atomic E-state index is -0.894. The summed E-state index contributed by atoms with van der Waals surface area (Å²) in [5, 5.41) is 21.6. The fraction of sp³-hybridized carbons (Fsp3) is 0.269. The second-order valence-electron chi connectivity index (χ2n) is 8.16. The van der Waals surface area contributed by atoms with Crippen molar-refractivity contribution in [3.63, 3.8) is 0 Å². The first-order valence-corrected chi connectivity index (χ1v) is 12.2. The summed E-state index contributed by atoms with van der Waals surface area (Å²) >= 11 is 3.32. The van der Waals surface area contributed by atoms with E-state index in [1.54, 1.807) is 48.9 Å². The molecule has 4 rings (SSSR count). The highest BCUT2D eigenvalue weighted by atomic mass is 79.9. The number of rotatable bonds is 9. The molecule has 1 aliphatic rings. The number of hydrogen-bond acceptors (Lipinski definition) is 7. The van der Waals surface area contributed by atoms with Crippen LogP contribution in [0.5, 0.6) is 17.2 Å². The van der Waals surface area contributed by atoms with Crippen LogP contribution >= 0.6 is 15.9 Å². The Bertz CT molecular complexity index is 1310. The number of ether oxygens (including phenoxy) is 2. The van der Waals surface area contributed by atoms with Gasteiger partial charge in [0.1, 0.15) is 11.5 Å². The molecular weight excluding hydrogens is 530 g/mol. The van der Waals surface area contributed by atoms with E-state index < -0.39 is 17.7 Å². The van der Waals surface area contributed by atoms with Crippen molar-refractivity contribution in [3.8, 4) is 17.2 Å². The lowest BCUT2D eigenvalue weighted by atomic mass is 9.95. The quantitative estimate of drug-likeness (QED) is 0.230. The van der Waals surface area contributed by atoms with Crippen LogP contribution in [-0.2, 0) is 16.1 Å². The topological polar surface area (TPSA) is 114 Å². The van der Waals surface area contributed by atoms with Crippen molar-refractivity contribution < 1.29 is 29.3 Å². The van der Waals surface area contributed by atoms with Crippen LogP contribution in [0.2, 0.25) is 0 Å². The number of aromatic hydroxyl groups is 1. The van der Waals surface area contributed by atoms with Crippen LogP contribution in [0.1, 0.15) is 30.5 Å². The van der Waals surface area contributed by atoms with Crippen LogP contribution < -0.4 is 9.47 Å². The van der Waals surface area contributed by atoms with Gasteiger partial charge in [-0.3, -0.25) is 9.59 Å². The van der Waals surface area contributed by atoms with E-state index in [9.17, 15) is 19.8 Å². The third-order valence-corrected chi connectivity index (χ3v) is 6.52. The number of carbonyl (C=O) groups excluding carboxylic acids is 2. The molecule has 1 unspecified atom stereocenters. The molecule has 1 saturated heterocycles. The van der Waals surface area contributed by atoms with Gasteiger partial charge in [0.2, 0.25) is 0 Å². The van der Waals surface area contributed by atoms with Gasteiger partial charge in [-0.05, 0) is 59.1 Å². The summed E-state index contributed by atoms with van der Waals surface area (Å²) in [5.41, 5.74) is 0.809. The van der Waals surface area contributed by atoms with Crippen molar-refractivity contribution in [2.24, 2.45) is 0 Å². The molecule has 1 fully saturated rings. The van der Waals surface area contributed by atoms with Gasteiger partial charge in [0.15, 0.2) is 11.5 Å². The maximum absolute atomic E-state index is 13.3. The average molecular weight is 556 g/mol. The molecule has 188 valence electrons. The number of hydrogen-bond donors (Lipinski definition) is 2. The lowest BCUT2D eigenvalue weighted by molar-refractivity contribution is -0.139. The minimum absolute atomic E-state index is 0.0454. The van der Waals surface area contributed by atoms with E-state index in [0.717, 1.165) is 0 Å². The molecule has 2 heterocycles. The van der Waals surface area contributed by atoms with Crippen LogP contribution in [0.15, 0.2) is 65.2 Å². The molecule has 2 N–H and O–H groups in total. The standard InChI is InChI=1S/C26H26BrN3O6/c1-3-36-18-7-4-6-16(12-18)23(31)21-22(17-13-19(27)24(32)20(14-17)35-2)30(26(34)25(21)33)10-5-9-29-11-8-28-15-29/h4,6-8,11-15,22,31-32H,3,5,9-10H2,1-2H3/b23-21+. The number of aromatic nitrogens is 2. The van der Waals surface area contributed by atoms with Crippen LogP contribution in [0.4, 0.5) is 0 Å². The van der Waals surface area contributed by atoms with Crippen molar-refractivity contribution in [1.82, 2.24) is 14.5 Å². The van der Waals surface area contributed by atoms with E-state index >= 15 is 0 Å². The summed E-state index contributed by atoms with van der Waals surface area (Å²) in [6, 6.07) is 8.99. The number of imidazole rings is 1. The number of aliphatic hydroxyl groups excluding tert-OH is 1. The Hall–Kier alpha value is -3.79. The first-order valence-electron chi connectivity index (χ1n) is 11.4. The molecule has 2 aromatic carbocycles. The number of aliphatic hydroxyl groups is 1. The molecule has 0 aliphatic carbocycles. The number of ketones is 1. The number of Topliss-reactive ketones (excluding diaryl/α,β-unsaturated/α-hetero) is 1. The molecule has 10 heteroatoms. The molecule has 1 amide bonds. The van der Waals surface area contributed by atoms with Gasteiger partial charge in [0.25, 0.3) is 11.7 Å². The van der Waals surface area contributed by atoms with Crippen molar-refractivity contribution in [3.05, 3.63) is 76.3 Å². The van der Waals surface area contributed by atoms with Crippen LogP contribution in [-0.4, -0.2) is 56.6 Å². The number of phenols is 1. The second kappa shape index (κ2) is 10.9. The zero-order valence-corrected chi connectivity index (χ0v) is 21.4. The minimum Gasteiger partial charge on any atom is -0.507 e. The maximum Gasteiger partial charge on any atom is 0.295 e. The summed E-state index contributed by atoms with van der Waals surface area (Å²) in [4.78, 5) is 31.9. The highest BCUT2D eigenvalue weighted by Crippen LogP contribution is 2.44. The molecule has 0 bridgehead atoms. The van der Waals surface area contributed by atoms with Crippen LogP contribution in [0.3, 0.4) is 0 Å². The Balaban J connectivity index is 1.80. The lowest BCUT2D eigenvalue weighted by Crippen LogP contribution is -2.31. The molecule has 0 radical (unpaired) electrons. The highest BCUT2D eigenvalue weighted by Gasteiger charge is 2.46. The van der Waals surface area contributed by atoms with Crippen molar-refractivity contribution in [2.45, 2.75) is 25.9 Å². The number of phenolic OH excluding ortho intramolecular Hbond substituents is 1. The van der Waals surface area contributed by atoms with E-state index in [-0.39, 0.29) is 29.4 Å². The van der Waals surface area contributed by atoms with Gasteiger partial charge in [-0.1, -0.05) is 12.1 Å². The predicted octanol–water partition coefficient (Wildman–Crippen LogP) is 4.27. The molecule has 9 nitrogen and oxygen atoms in total. The van der Waals surface area contributed by atoms with E-state index in [1.165, 1.54) is 12.0 Å². The van der Waals surface area contributed by atoms with Gasteiger partial charge in [-0.15, -0.1) is 0 Å². The zero-order chi connectivity index (χ0) is 25.8. The van der Waals surface area contributed by atoms with Crippen LogP contribution in [0.25, 0.3) is 5.76 Å². The molecule has 1 aromatic heterocycles. The monoisotopic (exact) mass is 555 g/mol. The van der Waals surface area contributed by atoms with Crippen molar-refractivity contribution >= 4 is 33.4 Å². The smallest absolute Gasteiger partial charge is 0.295 e. The summed E-state index contributed by atoms with van der Waals surface area (Å²) in [6.45, 7) is 3.13. The number of carbonyl (C=O) groups is 2. The molecule has 1 aliphatic heterocycles. The van der Waals surface area contributed by atoms with Gasteiger partial charge < -0.3 is 29.2 Å². The molecule has 3 aromatic rings. The Morgan fingerprint density at radius 3 is 2.69 bits per heavy atom. The number of amides is 1. The number of likely N-dealkylation sites (tertiary alicyclic amines) is 1. The Kier molecular flexibility index (Phi) is 7.64. The lowest BCUT2D eigenvalue weighted by Gasteiger charge is -2.26. The summed E-state index contributed by atoms with van der Waals surface area (Å²) in [6.07, 6.45) is 5.72. The van der Waals surface area contributed by atoms with E-state index in [2.05, 4.69) is 20.9 Å². The fourth-order valence-corrected chi connectivity index (χ4v) is 4.72. The first kappa shape index (κ1) is 25.3. The number of benzene rings is 2. The molecule has 1 atom stereocenters. The van der Waals surface area contributed by atoms with Gasteiger partial charge in [-0.25, -0.2) is 4.98 Å². The number of aryl methyl sites for hydroxylation is 1. The Morgan fingerprint density at radius 2 is 2.00 bits per heavy atom. The van der Waals surface area contributed by atoms with Gasteiger partial charge in [0.05, 0.1) is 36.1 Å². The highest BCUT2D eigenvalue weighted by molar-refractivity contribution is 9.10. The number of methoxy groups -OCH3 is 1. The van der Waals surface area contributed by atoms with Crippen LogP contribution in [0, 0.1) is 0 Å². The molecule has 36 heavy (non-hydrogen) atoms. The fourth-order valence-electron chi connectivity index (χ4n) is 4.26. The van der Waals surface area contributed by atoms with Gasteiger partial charge in [0, 0.05) is 31.0 Å². The van der Waals surface area contributed by atoms with Crippen molar-refractivity contribution in [2.75, 3.05) is 20.3 Å². The van der Waals surface area contributed by atoms with Gasteiger partial charge >= 0.3 is 0 Å². The third kappa shape index (κ3) is 4.94. The average Bonchev–Trinajstić information content (AvgIpc) is 3.48. The first-order chi connectivity index (χ1) is 17.3. The second-order valence-corrected chi connectivity index (χ2v) is 9.02. The normalized spacial score (nSPS) is 17.0. The Morgan fingerprint density at radius 1 is 1.19 bits per heavy atom. The van der Waals surface area contributed by atoms with E-state index in [1.807, 2.05) is 17.7 Å². The maximum atomic E-state index is 13.3. The van der Waals surface area contributed by atoms with Crippen molar-refractivity contribution in [1.29, 1.82) is 0 Å². The summed E-state index contributed by atoms with van der Waals surface area (Å²) < 4.78 is 13.0.